The van der Waals surface area contributed by atoms with Crippen LogP contribution in [-0.4, -0.2) is 41.0 Å². The number of nitrogens with one attached hydrogen (secondary N) is 1. The van der Waals surface area contributed by atoms with Gasteiger partial charge in [-0.1, -0.05) is 24.3 Å². The highest BCUT2D eigenvalue weighted by atomic mass is 16.5. The molecule has 1 amide bonds. The molecule has 3 heterocycles. The maximum Gasteiger partial charge on any atom is 0.222 e. The SMILES string of the molecule is COc1ccc(CCC(=O)N2CCC[C@H](c3cccc(Nc4ncccc4C)n3)C2)cc1. The Hall–Kier alpha value is -3.41. The Morgan fingerprint density at radius 3 is 2.78 bits per heavy atom. The van der Waals surface area contributed by atoms with E-state index in [0.717, 1.165) is 66.6 Å². The number of nitrogens with zero attached hydrogens (tertiary/aromatic N) is 3. The minimum absolute atomic E-state index is 0.212. The van der Waals surface area contributed by atoms with Crippen molar-refractivity contribution in [1.82, 2.24) is 14.9 Å². The maximum absolute atomic E-state index is 12.9. The predicted octanol–water partition coefficient (Wildman–Crippen LogP) is 4.88. The molecule has 1 atom stereocenters. The normalized spacial score (nSPS) is 15.9. The van der Waals surface area contributed by atoms with Crippen molar-refractivity contribution in [3.05, 3.63) is 77.6 Å². The zero-order chi connectivity index (χ0) is 22.3. The van der Waals surface area contributed by atoms with Gasteiger partial charge in [0, 0.05) is 37.3 Å². The number of carbonyl (C=O) groups excluding carboxylic acids is 1. The number of aryl methyl sites for hydroxylation is 2. The van der Waals surface area contributed by atoms with Crippen LogP contribution < -0.4 is 10.1 Å². The number of benzene rings is 1. The highest BCUT2D eigenvalue weighted by Crippen LogP contribution is 2.28. The second-order valence-corrected chi connectivity index (χ2v) is 8.27. The molecule has 1 fully saturated rings. The lowest BCUT2D eigenvalue weighted by Gasteiger charge is -2.32. The van der Waals surface area contributed by atoms with E-state index in [-0.39, 0.29) is 11.8 Å². The lowest BCUT2D eigenvalue weighted by Crippen LogP contribution is -2.39. The van der Waals surface area contributed by atoms with E-state index in [1.165, 1.54) is 0 Å². The number of hydrogen-bond acceptors (Lipinski definition) is 5. The van der Waals surface area contributed by atoms with Crippen molar-refractivity contribution in [2.24, 2.45) is 0 Å². The second kappa shape index (κ2) is 10.3. The van der Waals surface area contributed by atoms with Gasteiger partial charge in [-0.25, -0.2) is 9.97 Å². The van der Waals surface area contributed by atoms with Crippen LogP contribution in [0.5, 0.6) is 5.75 Å². The molecule has 6 heteroatoms. The highest BCUT2D eigenvalue weighted by Gasteiger charge is 2.25. The Bertz CT molecular complexity index is 1050. The summed E-state index contributed by atoms with van der Waals surface area (Å²) in [5.74, 6) is 2.90. The van der Waals surface area contributed by atoms with Crippen LogP contribution in [0.25, 0.3) is 0 Å². The summed E-state index contributed by atoms with van der Waals surface area (Å²) in [7, 11) is 1.66. The first kappa shape index (κ1) is 21.8. The number of rotatable bonds is 7. The summed E-state index contributed by atoms with van der Waals surface area (Å²) >= 11 is 0. The largest absolute Gasteiger partial charge is 0.497 e. The lowest BCUT2D eigenvalue weighted by atomic mass is 9.94. The quantitative estimate of drug-likeness (QED) is 0.579. The first-order chi connectivity index (χ1) is 15.6. The zero-order valence-corrected chi connectivity index (χ0v) is 18.8. The molecule has 1 aromatic carbocycles. The van der Waals surface area contributed by atoms with Crippen LogP contribution in [0, 0.1) is 6.92 Å². The summed E-state index contributed by atoms with van der Waals surface area (Å²) in [6, 6.07) is 17.9. The minimum atomic E-state index is 0.212. The van der Waals surface area contributed by atoms with Gasteiger partial charge >= 0.3 is 0 Å². The molecule has 166 valence electrons. The number of methoxy groups -OCH3 is 1. The van der Waals surface area contributed by atoms with E-state index >= 15 is 0 Å². The summed E-state index contributed by atoms with van der Waals surface area (Å²) in [5.41, 5.74) is 3.25. The number of likely N-dealkylation sites (tertiary alicyclic amines) is 1. The number of anilines is 2. The first-order valence-electron chi connectivity index (χ1n) is 11.2. The average molecular weight is 431 g/mol. The third-order valence-electron chi connectivity index (χ3n) is 6.01. The zero-order valence-electron chi connectivity index (χ0n) is 18.8. The Balaban J connectivity index is 1.36. The molecule has 4 rings (SSSR count). The van der Waals surface area contributed by atoms with Crippen LogP contribution in [0.4, 0.5) is 11.6 Å². The Morgan fingerprint density at radius 2 is 2.00 bits per heavy atom. The van der Waals surface area contributed by atoms with Gasteiger partial charge < -0.3 is 15.0 Å². The molecule has 0 unspecified atom stereocenters. The summed E-state index contributed by atoms with van der Waals surface area (Å²) in [4.78, 5) is 24.1. The van der Waals surface area contributed by atoms with Crippen molar-refractivity contribution >= 4 is 17.5 Å². The number of amides is 1. The van der Waals surface area contributed by atoms with Crippen LogP contribution >= 0.6 is 0 Å². The van der Waals surface area contributed by atoms with Crippen molar-refractivity contribution in [1.29, 1.82) is 0 Å². The second-order valence-electron chi connectivity index (χ2n) is 8.27. The van der Waals surface area contributed by atoms with E-state index in [1.807, 2.05) is 60.4 Å². The molecule has 1 saturated heterocycles. The van der Waals surface area contributed by atoms with E-state index < -0.39 is 0 Å². The van der Waals surface area contributed by atoms with Gasteiger partial charge in [-0.15, -0.1) is 0 Å². The van der Waals surface area contributed by atoms with Crippen LogP contribution in [0.3, 0.4) is 0 Å². The number of pyridine rings is 2. The molecule has 1 N–H and O–H groups in total. The van der Waals surface area contributed by atoms with E-state index in [2.05, 4.69) is 16.4 Å². The van der Waals surface area contributed by atoms with Gasteiger partial charge in [-0.05, 0) is 67.6 Å². The van der Waals surface area contributed by atoms with Gasteiger partial charge in [0.25, 0.3) is 0 Å². The molecular weight excluding hydrogens is 400 g/mol. The van der Waals surface area contributed by atoms with Gasteiger partial charge in [0.1, 0.15) is 17.4 Å². The van der Waals surface area contributed by atoms with Gasteiger partial charge in [-0.3, -0.25) is 4.79 Å². The van der Waals surface area contributed by atoms with Crippen LogP contribution in [0.15, 0.2) is 60.8 Å². The van der Waals surface area contributed by atoms with Crippen LogP contribution in [0.2, 0.25) is 0 Å². The molecule has 0 spiro atoms. The van der Waals surface area contributed by atoms with Crippen molar-refractivity contribution in [3.8, 4) is 5.75 Å². The fourth-order valence-corrected chi connectivity index (χ4v) is 4.13. The fraction of sp³-hybridized carbons (Fsp3) is 0.346. The van der Waals surface area contributed by atoms with Crippen molar-refractivity contribution in [2.75, 3.05) is 25.5 Å². The molecule has 2 aromatic heterocycles. The molecule has 6 nitrogen and oxygen atoms in total. The van der Waals surface area contributed by atoms with E-state index in [1.54, 1.807) is 13.3 Å². The summed E-state index contributed by atoms with van der Waals surface area (Å²) in [5, 5.41) is 3.32. The average Bonchev–Trinajstić information content (AvgIpc) is 2.84. The lowest BCUT2D eigenvalue weighted by molar-refractivity contribution is -0.132. The topological polar surface area (TPSA) is 67.3 Å². The monoisotopic (exact) mass is 430 g/mol. The van der Waals surface area contributed by atoms with E-state index in [4.69, 9.17) is 9.72 Å². The fourth-order valence-electron chi connectivity index (χ4n) is 4.13. The number of ether oxygens (including phenoxy) is 1. The van der Waals surface area contributed by atoms with Gasteiger partial charge in [-0.2, -0.15) is 0 Å². The van der Waals surface area contributed by atoms with Crippen LogP contribution in [-0.2, 0) is 11.2 Å². The van der Waals surface area contributed by atoms with E-state index in [0.29, 0.717) is 6.42 Å². The molecule has 32 heavy (non-hydrogen) atoms. The predicted molar refractivity (Wildman–Crippen MR) is 126 cm³/mol. The standard InChI is InChI=1S/C26H30N4O2/c1-19-6-4-16-27-26(19)29-24-9-3-8-23(28-24)21-7-5-17-30(18-21)25(31)15-12-20-10-13-22(32-2)14-11-20/h3-4,6,8-11,13-14,16,21H,5,7,12,15,17-18H2,1-2H3,(H,27,28,29)/t21-/m0/s1. The number of hydrogen-bond donors (Lipinski definition) is 1. The van der Waals surface area contributed by atoms with Crippen molar-refractivity contribution in [2.45, 2.75) is 38.5 Å². The highest BCUT2D eigenvalue weighted by molar-refractivity contribution is 5.76. The van der Waals surface area contributed by atoms with Crippen LogP contribution in [0.1, 0.15) is 42.0 Å². The van der Waals surface area contributed by atoms with Gasteiger partial charge in [0.2, 0.25) is 5.91 Å². The van der Waals surface area contributed by atoms with Crippen molar-refractivity contribution < 1.29 is 9.53 Å². The summed E-state index contributed by atoms with van der Waals surface area (Å²) < 4.78 is 5.20. The smallest absolute Gasteiger partial charge is 0.222 e. The molecule has 1 aliphatic rings. The van der Waals surface area contributed by atoms with Crippen molar-refractivity contribution in [3.63, 3.8) is 0 Å². The summed E-state index contributed by atoms with van der Waals surface area (Å²) in [6.07, 6.45) is 5.08. The number of aromatic nitrogens is 2. The Kier molecular flexibility index (Phi) is 7.00. The maximum atomic E-state index is 12.9. The molecule has 0 aliphatic carbocycles. The third-order valence-corrected chi connectivity index (χ3v) is 6.01. The first-order valence-corrected chi connectivity index (χ1v) is 11.2. The Labute approximate surface area is 189 Å². The number of carbonyl (C=O) groups is 1. The molecule has 0 bridgehead atoms. The molecule has 0 radical (unpaired) electrons. The Morgan fingerprint density at radius 1 is 1.16 bits per heavy atom. The summed E-state index contributed by atoms with van der Waals surface area (Å²) in [6.45, 7) is 3.57. The molecule has 0 saturated carbocycles. The van der Waals surface area contributed by atoms with Gasteiger partial charge in [0.05, 0.1) is 7.11 Å². The van der Waals surface area contributed by atoms with Gasteiger partial charge in [0.15, 0.2) is 0 Å². The molecular formula is C26H30N4O2. The molecule has 3 aromatic rings. The minimum Gasteiger partial charge on any atom is -0.497 e. The number of piperidine rings is 1. The van der Waals surface area contributed by atoms with E-state index in [9.17, 15) is 4.79 Å². The molecule has 1 aliphatic heterocycles. The third kappa shape index (κ3) is 5.44.